The second-order valence-corrected chi connectivity index (χ2v) is 24.9. The predicted octanol–water partition coefficient (Wildman–Crippen LogP) is 10.9. The van der Waals surface area contributed by atoms with Gasteiger partial charge in [-0.05, 0) is 168 Å². The molecule has 1 aromatic heterocycles. The number of nitrogens with two attached hydrogens (primary N) is 1. The van der Waals surface area contributed by atoms with Gasteiger partial charge in [-0.2, -0.15) is 0 Å². The van der Waals surface area contributed by atoms with Crippen molar-refractivity contribution in [2.45, 2.75) is 171 Å². The minimum absolute atomic E-state index is 0.0692. The lowest BCUT2D eigenvalue weighted by molar-refractivity contribution is -0.0701. The van der Waals surface area contributed by atoms with Gasteiger partial charge in [0.25, 0.3) is 0 Å². The van der Waals surface area contributed by atoms with Crippen LogP contribution in [0.1, 0.15) is 146 Å². The quantitative estimate of drug-likeness (QED) is 0.0891. The summed E-state index contributed by atoms with van der Waals surface area (Å²) < 4.78 is 12.5. The largest absolute Gasteiger partial charge is 0.471 e. The van der Waals surface area contributed by atoms with Crippen LogP contribution in [0.25, 0.3) is 10.8 Å². The average molecular weight is 910 g/mol. The molecule has 13 atom stereocenters. The van der Waals surface area contributed by atoms with Crippen LogP contribution >= 0.6 is 21.6 Å². The van der Waals surface area contributed by atoms with Gasteiger partial charge in [-0.3, -0.25) is 4.99 Å². The number of hydrogen-bond acceptors (Lipinski definition) is 10. The highest BCUT2D eigenvalue weighted by molar-refractivity contribution is 8.76. The van der Waals surface area contributed by atoms with E-state index < -0.39 is 5.60 Å². The number of allylic oxidation sites excluding steroid dienone is 1. The van der Waals surface area contributed by atoms with Crippen molar-refractivity contribution in [1.29, 1.82) is 0 Å². The number of nitrogens with one attached hydrogen (secondary N) is 1. The Morgan fingerprint density at radius 2 is 1.81 bits per heavy atom. The summed E-state index contributed by atoms with van der Waals surface area (Å²) in [5.74, 6) is 5.68. The maximum Gasteiger partial charge on any atom is 0.188 e. The van der Waals surface area contributed by atoms with Crippen molar-refractivity contribution in [2.75, 3.05) is 18.9 Å². The Morgan fingerprint density at radius 1 is 0.938 bits per heavy atom. The number of benzene rings is 2. The minimum Gasteiger partial charge on any atom is -0.471 e. The van der Waals surface area contributed by atoms with E-state index in [1.807, 2.05) is 34.1 Å². The van der Waals surface area contributed by atoms with E-state index in [0.717, 1.165) is 81.1 Å². The van der Waals surface area contributed by atoms with Crippen molar-refractivity contribution in [3.05, 3.63) is 83.3 Å². The number of aliphatic imine (C=N–C) groups is 1. The molecule has 10 rings (SSSR count). The lowest BCUT2D eigenvalue weighted by Crippen LogP contribution is -2.51. The Labute approximate surface area is 390 Å². The molecule has 3 heterocycles. The first-order chi connectivity index (χ1) is 31.0. The van der Waals surface area contributed by atoms with Crippen LogP contribution in [0.15, 0.2) is 76.0 Å². The van der Waals surface area contributed by atoms with E-state index in [9.17, 15) is 15.3 Å². The number of aryl methyl sites for hydroxylation is 1. The highest BCUT2D eigenvalue weighted by Crippen LogP contribution is 2.69. The van der Waals surface area contributed by atoms with Gasteiger partial charge in [0.05, 0.1) is 42.5 Å². The zero-order valence-corrected chi connectivity index (χ0v) is 40.2. The zero-order valence-electron chi connectivity index (χ0n) is 38.5. The van der Waals surface area contributed by atoms with Crippen molar-refractivity contribution in [3.8, 4) is 0 Å². The van der Waals surface area contributed by atoms with Gasteiger partial charge < -0.3 is 35.5 Å². The molecule has 8 nitrogen and oxygen atoms in total. The number of hydrogen-bond donors (Lipinski definition) is 5. The van der Waals surface area contributed by atoms with Crippen molar-refractivity contribution in [1.82, 2.24) is 5.32 Å². The van der Waals surface area contributed by atoms with Crippen LogP contribution in [0.5, 0.6) is 0 Å². The summed E-state index contributed by atoms with van der Waals surface area (Å²) in [7, 11) is 3.97. The maximum absolute atomic E-state index is 11.4. The first kappa shape index (κ1) is 45.3. The average Bonchev–Trinajstić information content (AvgIpc) is 3.74. The Bertz CT molecular complexity index is 2180. The number of furan rings is 1. The lowest BCUT2D eigenvalue weighted by atomic mass is 9.46. The number of aliphatic hydroxyl groups excluding tert-OH is 2. The molecule has 7 aliphatic rings. The number of nitrogens with zero attached hydrogens (tertiary/aromatic N) is 1. The number of aliphatic hydroxyl groups is 3. The highest BCUT2D eigenvalue weighted by atomic mass is 33.1. The third-order valence-corrected chi connectivity index (χ3v) is 20.9. The Kier molecular flexibility index (Phi) is 13.1. The van der Waals surface area contributed by atoms with E-state index in [-0.39, 0.29) is 47.2 Å². The van der Waals surface area contributed by atoms with Gasteiger partial charge in [0.2, 0.25) is 0 Å². The van der Waals surface area contributed by atoms with E-state index in [4.69, 9.17) is 19.9 Å². The molecular weight excluding hydrogens is 835 g/mol. The zero-order chi connectivity index (χ0) is 44.1. The summed E-state index contributed by atoms with van der Waals surface area (Å²) in [5, 5.41) is 38.4. The fourth-order valence-corrected chi connectivity index (χ4v) is 17.4. The van der Waals surface area contributed by atoms with Gasteiger partial charge >= 0.3 is 0 Å². The second-order valence-electron chi connectivity index (χ2n) is 22.4. The summed E-state index contributed by atoms with van der Waals surface area (Å²) >= 11 is 0. The van der Waals surface area contributed by atoms with Crippen molar-refractivity contribution in [2.24, 2.45) is 51.1 Å². The van der Waals surface area contributed by atoms with Crippen LogP contribution in [-0.4, -0.2) is 69.6 Å². The van der Waals surface area contributed by atoms with Crippen LogP contribution in [0, 0.1) is 40.4 Å². The fraction of sp³-hybridized carbons (Fsp3) is 0.685. The molecular formula is C54H75N3O5S2. The first-order valence-electron chi connectivity index (χ1n) is 25.2. The van der Waals surface area contributed by atoms with Gasteiger partial charge in [-0.15, -0.1) is 0 Å². The smallest absolute Gasteiger partial charge is 0.188 e. The van der Waals surface area contributed by atoms with E-state index in [1.165, 1.54) is 72.6 Å². The van der Waals surface area contributed by atoms with Crippen molar-refractivity contribution >= 4 is 38.3 Å². The van der Waals surface area contributed by atoms with E-state index in [2.05, 4.69) is 67.7 Å². The van der Waals surface area contributed by atoms with Gasteiger partial charge in [0.1, 0.15) is 0 Å². The molecule has 1 saturated heterocycles. The maximum atomic E-state index is 11.4. The molecule has 5 saturated carbocycles. The Hall–Kier alpha value is -2.47. The predicted molar refractivity (Wildman–Crippen MR) is 262 cm³/mol. The molecule has 2 aliphatic heterocycles. The Balaban J connectivity index is 0.833. The summed E-state index contributed by atoms with van der Waals surface area (Å²) in [6.07, 6.45) is 24.5. The van der Waals surface area contributed by atoms with Crippen LogP contribution in [0.2, 0.25) is 0 Å². The summed E-state index contributed by atoms with van der Waals surface area (Å²) in [6.45, 7) is 5.76. The number of fused-ring (bicyclic) bond motifs is 5. The van der Waals surface area contributed by atoms with Gasteiger partial charge in [0.15, 0.2) is 5.96 Å². The monoisotopic (exact) mass is 910 g/mol. The molecule has 0 unspecified atom stereocenters. The van der Waals surface area contributed by atoms with Crippen LogP contribution in [-0.2, 0) is 16.9 Å². The second kappa shape index (κ2) is 18.6. The normalized spacial score (nSPS) is 41.4. The van der Waals surface area contributed by atoms with E-state index in [0.29, 0.717) is 48.5 Å². The molecule has 6 fully saturated rings. The molecule has 5 aliphatic carbocycles. The molecule has 10 heteroatoms. The molecule has 64 heavy (non-hydrogen) atoms. The van der Waals surface area contributed by atoms with Gasteiger partial charge in [-0.25, -0.2) is 0 Å². The number of guanidine groups is 1. The third-order valence-electron chi connectivity index (χ3n) is 18.5. The summed E-state index contributed by atoms with van der Waals surface area (Å²) in [4.78, 5) is 5.11. The molecule has 0 amide bonds. The van der Waals surface area contributed by atoms with Gasteiger partial charge in [0, 0.05) is 52.6 Å². The number of rotatable bonds is 7. The van der Waals surface area contributed by atoms with Crippen LogP contribution in [0.3, 0.4) is 0 Å². The molecule has 2 aromatic carbocycles. The molecule has 0 radical (unpaired) electrons. The Morgan fingerprint density at radius 3 is 2.67 bits per heavy atom. The molecule has 3 aromatic rings. The number of ether oxygens (including phenoxy) is 1. The molecule has 0 bridgehead atoms. The van der Waals surface area contributed by atoms with Gasteiger partial charge in [-0.1, -0.05) is 82.6 Å². The topological polar surface area (TPSA) is 137 Å². The van der Waals surface area contributed by atoms with E-state index in [1.54, 1.807) is 0 Å². The summed E-state index contributed by atoms with van der Waals surface area (Å²) in [6, 6.07) is 15.8. The highest BCUT2D eigenvalue weighted by Gasteiger charge is 2.67. The van der Waals surface area contributed by atoms with Crippen LogP contribution in [0.4, 0.5) is 0 Å². The summed E-state index contributed by atoms with van der Waals surface area (Å²) in [5.41, 5.74) is 12.1. The number of epoxide rings is 1. The molecule has 348 valence electrons. The minimum atomic E-state index is -0.713. The third kappa shape index (κ3) is 9.12. The SMILES string of the molecule is C[C@]1([C@@H]2CC[C@H]([C@H]3CSSCc4ccccc4CC[C@@H](c4cccc5cocc45)CN=C(N)N3)C2)C[C@@H]2/C(=C\CO)C[C@@]3(CC[C@@H](CC[C@]4(O)CCC[C@H](O)C4)C3)[C@@H]3O[C@]3(C)CC[C@H]21. The van der Waals surface area contributed by atoms with Crippen molar-refractivity contribution in [3.63, 3.8) is 0 Å². The van der Waals surface area contributed by atoms with Crippen LogP contribution < -0.4 is 11.1 Å². The fourth-order valence-electron chi connectivity index (χ4n) is 14.9. The first-order valence-corrected chi connectivity index (χ1v) is 27.7. The lowest BCUT2D eigenvalue weighted by Gasteiger charge is -2.59. The van der Waals surface area contributed by atoms with Crippen molar-refractivity contribution < 1.29 is 24.5 Å². The molecule has 6 N–H and O–H groups in total. The van der Waals surface area contributed by atoms with E-state index >= 15 is 0 Å². The standard InChI is InChI=1S/C54H75N3O5S2/c1-51(29-45-38(19-24-58)27-53(49-52(2,62-49)21-18-47(45)51)22-16-35(26-53)17-23-54(60)20-6-10-43(59)28-54)42-15-14-37(25-42)48-34-64-63-33-41-8-4-3-7-36(41)12-13-39(30-56-50(55)57-48)44-11-5-9-40-31-61-32-46(40)44/h3-5,7-9,11,19,31-32,35,37,39,42-43,45,47-49,58-60H,6,10,12-18,20-30,33-34H2,1-2H3,(H3,55,56,57)/b38-19-/t35-,37-,39+,42+,43-,45+,47+,48+,49+,51+,52+,53-,54+/m0/s1. The molecule has 1 spiro atoms.